The van der Waals surface area contributed by atoms with Crippen molar-refractivity contribution < 1.29 is 15.0 Å². The van der Waals surface area contributed by atoms with E-state index in [2.05, 4.69) is 11.2 Å². The SMILES string of the molecule is Cc1cc(Cc2c(C)nn(CCC(=O)O)c2C)c2c(c1O)CCC2.[NaH]. The molecule has 1 heterocycles. The molecule has 0 amide bonds. The molecule has 0 radical (unpaired) electrons. The molecule has 2 N–H and O–H groups in total. The number of phenolic OH excluding ortho intramolecular Hbond substituents is 1. The van der Waals surface area contributed by atoms with Crippen molar-refractivity contribution >= 4 is 35.5 Å². The van der Waals surface area contributed by atoms with Crippen LogP contribution in [-0.4, -0.2) is 55.5 Å². The summed E-state index contributed by atoms with van der Waals surface area (Å²) >= 11 is 0. The molecule has 0 saturated carbocycles. The van der Waals surface area contributed by atoms with Crippen LogP contribution >= 0.6 is 0 Å². The molecule has 1 aromatic heterocycles. The first kappa shape index (κ1) is 20.0. The van der Waals surface area contributed by atoms with Gasteiger partial charge in [-0.15, -0.1) is 0 Å². The Bertz CT molecular complexity index is 812. The van der Waals surface area contributed by atoms with Crippen LogP contribution in [0.2, 0.25) is 0 Å². The Morgan fingerprint density at radius 2 is 1.92 bits per heavy atom. The molecule has 0 saturated heterocycles. The van der Waals surface area contributed by atoms with Gasteiger partial charge in [0.25, 0.3) is 0 Å². The average Bonchev–Trinajstić information content (AvgIpc) is 3.11. The molecular weight excluding hydrogens is 327 g/mol. The number of phenols is 1. The molecule has 2 aromatic rings. The summed E-state index contributed by atoms with van der Waals surface area (Å²) in [5.41, 5.74) is 7.75. The fourth-order valence-electron chi connectivity index (χ4n) is 3.77. The van der Waals surface area contributed by atoms with Gasteiger partial charge in [0.1, 0.15) is 5.75 Å². The molecule has 0 fully saturated rings. The number of aryl methyl sites for hydroxylation is 3. The van der Waals surface area contributed by atoms with Crippen LogP contribution in [0, 0.1) is 20.8 Å². The number of hydrogen-bond donors (Lipinski definition) is 2. The number of carbonyl (C=O) groups is 1. The molecule has 6 heteroatoms. The minimum atomic E-state index is -0.809. The monoisotopic (exact) mass is 352 g/mol. The summed E-state index contributed by atoms with van der Waals surface area (Å²) in [7, 11) is 0. The standard InChI is InChI=1S/C19H24N2O3.Na.H/c1-11-9-14(15-5-4-6-16(15)19(11)24)10-17-12(2)20-21(13(17)3)8-7-18(22)23;;/h9,24H,4-8,10H2,1-3H3,(H,22,23);;. The van der Waals surface area contributed by atoms with Crippen molar-refractivity contribution in [3.63, 3.8) is 0 Å². The summed E-state index contributed by atoms with van der Waals surface area (Å²) in [4.78, 5) is 10.8. The van der Waals surface area contributed by atoms with Crippen LogP contribution in [0.4, 0.5) is 0 Å². The third kappa shape index (κ3) is 3.94. The summed E-state index contributed by atoms with van der Waals surface area (Å²) < 4.78 is 1.80. The van der Waals surface area contributed by atoms with Gasteiger partial charge in [-0.2, -0.15) is 5.10 Å². The summed E-state index contributed by atoms with van der Waals surface area (Å²) in [6.07, 6.45) is 3.92. The van der Waals surface area contributed by atoms with Crippen LogP contribution in [0.1, 0.15) is 52.0 Å². The second kappa shape index (κ2) is 7.94. The Morgan fingerprint density at radius 1 is 1.24 bits per heavy atom. The van der Waals surface area contributed by atoms with Crippen molar-refractivity contribution in [2.75, 3.05) is 0 Å². The third-order valence-electron chi connectivity index (χ3n) is 5.09. The number of rotatable bonds is 5. The van der Waals surface area contributed by atoms with Gasteiger partial charge < -0.3 is 10.2 Å². The van der Waals surface area contributed by atoms with Crippen LogP contribution in [-0.2, 0) is 30.6 Å². The van der Waals surface area contributed by atoms with Gasteiger partial charge >= 0.3 is 35.5 Å². The van der Waals surface area contributed by atoms with E-state index in [-0.39, 0.29) is 36.0 Å². The van der Waals surface area contributed by atoms with E-state index < -0.39 is 5.97 Å². The van der Waals surface area contributed by atoms with Gasteiger partial charge in [-0.3, -0.25) is 9.48 Å². The molecule has 1 aromatic carbocycles. The zero-order chi connectivity index (χ0) is 17.4. The topological polar surface area (TPSA) is 75.4 Å². The molecule has 1 aliphatic carbocycles. The van der Waals surface area contributed by atoms with E-state index in [0.29, 0.717) is 12.3 Å². The summed E-state index contributed by atoms with van der Waals surface area (Å²) in [6, 6.07) is 2.09. The molecule has 0 bridgehead atoms. The first-order valence-corrected chi connectivity index (χ1v) is 8.46. The Kier molecular flexibility index (Phi) is 6.35. The van der Waals surface area contributed by atoms with Crippen LogP contribution in [0.3, 0.4) is 0 Å². The number of aromatic hydroxyl groups is 1. The van der Waals surface area contributed by atoms with Crippen molar-refractivity contribution in [2.45, 2.75) is 59.4 Å². The first-order chi connectivity index (χ1) is 11.4. The predicted molar refractivity (Wildman–Crippen MR) is 98.8 cm³/mol. The Labute approximate surface area is 170 Å². The van der Waals surface area contributed by atoms with Gasteiger partial charge in [0, 0.05) is 17.7 Å². The molecule has 0 aliphatic heterocycles. The van der Waals surface area contributed by atoms with E-state index in [0.717, 1.165) is 48.2 Å². The van der Waals surface area contributed by atoms with Crippen molar-refractivity contribution in [2.24, 2.45) is 0 Å². The molecule has 0 unspecified atom stereocenters. The molecule has 25 heavy (non-hydrogen) atoms. The zero-order valence-electron chi connectivity index (χ0n) is 14.5. The predicted octanol–water partition coefficient (Wildman–Crippen LogP) is 2.42. The fraction of sp³-hybridized carbons (Fsp3) is 0.474. The maximum atomic E-state index is 10.8. The number of aliphatic carboxylic acids is 1. The number of fused-ring (bicyclic) bond motifs is 1. The van der Waals surface area contributed by atoms with E-state index >= 15 is 0 Å². The van der Waals surface area contributed by atoms with Gasteiger partial charge in [-0.25, -0.2) is 0 Å². The second-order valence-corrected chi connectivity index (χ2v) is 6.70. The van der Waals surface area contributed by atoms with Gasteiger partial charge in [-0.1, -0.05) is 6.07 Å². The van der Waals surface area contributed by atoms with Crippen molar-refractivity contribution in [3.05, 3.63) is 45.3 Å². The molecule has 1 aliphatic rings. The van der Waals surface area contributed by atoms with E-state index in [4.69, 9.17) is 5.11 Å². The zero-order valence-corrected chi connectivity index (χ0v) is 14.5. The summed E-state index contributed by atoms with van der Waals surface area (Å²) in [6.45, 7) is 6.33. The Hall–Kier alpha value is -1.30. The number of carboxylic acids is 1. The van der Waals surface area contributed by atoms with E-state index in [1.807, 2.05) is 20.8 Å². The second-order valence-electron chi connectivity index (χ2n) is 6.70. The summed E-state index contributed by atoms with van der Waals surface area (Å²) in [5.74, 6) is -0.354. The van der Waals surface area contributed by atoms with E-state index in [1.165, 1.54) is 16.7 Å². The summed E-state index contributed by atoms with van der Waals surface area (Å²) in [5, 5.41) is 23.7. The normalized spacial score (nSPS) is 12.8. The number of nitrogens with zero attached hydrogens (tertiary/aromatic N) is 2. The number of hydrogen-bond acceptors (Lipinski definition) is 3. The molecule has 3 rings (SSSR count). The molecule has 0 spiro atoms. The molecule has 0 atom stereocenters. The molecule has 130 valence electrons. The van der Waals surface area contributed by atoms with Gasteiger partial charge in [0.05, 0.1) is 18.7 Å². The maximum absolute atomic E-state index is 10.8. The van der Waals surface area contributed by atoms with Crippen molar-refractivity contribution in [1.29, 1.82) is 0 Å². The third-order valence-corrected chi connectivity index (χ3v) is 5.09. The van der Waals surface area contributed by atoms with Crippen molar-refractivity contribution in [3.8, 4) is 5.75 Å². The number of carboxylic acid groups (broad SMARTS) is 1. The van der Waals surface area contributed by atoms with Crippen LogP contribution < -0.4 is 0 Å². The van der Waals surface area contributed by atoms with Gasteiger partial charge in [0.15, 0.2) is 0 Å². The fourth-order valence-corrected chi connectivity index (χ4v) is 3.77. The van der Waals surface area contributed by atoms with Crippen LogP contribution in [0.25, 0.3) is 0 Å². The van der Waals surface area contributed by atoms with Crippen molar-refractivity contribution in [1.82, 2.24) is 9.78 Å². The Balaban J connectivity index is 0.00000225. The average molecular weight is 352 g/mol. The number of benzene rings is 1. The quantitative estimate of drug-likeness (QED) is 0.811. The van der Waals surface area contributed by atoms with Gasteiger partial charge in [-0.05, 0) is 62.3 Å². The first-order valence-electron chi connectivity index (χ1n) is 8.46. The minimum absolute atomic E-state index is 0. The van der Waals surface area contributed by atoms with E-state index in [9.17, 15) is 9.90 Å². The van der Waals surface area contributed by atoms with Crippen LogP contribution in [0.5, 0.6) is 5.75 Å². The molecular formula is C19H25N2NaO3. The molecule has 5 nitrogen and oxygen atoms in total. The van der Waals surface area contributed by atoms with Gasteiger partial charge in [0.2, 0.25) is 0 Å². The van der Waals surface area contributed by atoms with E-state index in [1.54, 1.807) is 4.68 Å². The number of aromatic nitrogens is 2. The Morgan fingerprint density at radius 3 is 2.60 bits per heavy atom. The van der Waals surface area contributed by atoms with Crippen LogP contribution in [0.15, 0.2) is 6.07 Å².